The smallest absolute Gasteiger partial charge is 0.228 e. The Balaban J connectivity index is 1.39. The lowest BCUT2D eigenvalue weighted by molar-refractivity contribution is 0.00421. The van der Waals surface area contributed by atoms with Gasteiger partial charge in [-0.25, -0.2) is 0 Å². The van der Waals surface area contributed by atoms with Crippen molar-refractivity contribution in [2.45, 2.75) is 31.7 Å². The van der Waals surface area contributed by atoms with Crippen LogP contribution in [0.3, 0.4) is 0 Å². The van der Waals surface area contributed by atoms with Gasteiger partial charge in [0.15, 0.2) is 0 Å². The lowest BCUT2D eigenvalue weighted by Gasteiger charge is -2.35. The summed E-state index contributed by atoms with van der Waals surface area (Å²) >= 11 is 0. The van der Waals surface area contributed by atoms with Crippen LogP contribution < -0.4 is 19.5 Å². The predicted molar refractivity (Wildman–Crippen MR) is 131 cm³/mol. The normalized spacial score (nSPS) is 18.8. The lowest BCUT2D eigenvalue weighted by Crippen LogP contribution is -2.41. The maximum absolute atomic E-state index is 6.24. The Kier molecular flexibility index (Phi) is 4.48. The fourth-order valence-electron chi connectivity index (χ4n) is 4.64. The minimum absolute atomic E-state index is 0.0963. The van der Waals surface area contributed by atoms with Crippen LogP contribution in [0, 0.1) is 0 Å². The van der Waals surface area contributed by atoms with Gasteiger partial charge in [-0.3, -0.25) is 9.97 Å². The van der Waals surface area contributed by atoms with Crippen LogP contribution in [0.1, 0.15) is 18.4 Å². The van der Waals surface area contributed by atoms with E-state index in [1.54, 1.807) is 25.6 Å². The van der Waals surface area contributed by atoms with Crippen LogP contribution in [-0.4, -0.2) is 44.2 Å². The molecule has 0 atom stereocenters. The summed E-state index contributed by atoms with van der Waals surface area (Å²) in [5.41, 5.74) is 4.45. The molecule has 6 heterocycles. The van der Waals surface area contributed by atoms with E-state index >= 15 is 0 Å². The van der Waals surface area contributed by atoms with Gasteiger partial charge in [0.25, 0.3) is 0 Å². The first kappa shape index (κ1) is 20.0. The molecule has 0 unspecified atom stereocenters. The Labute approximate surface area is 200 Å². The zero-order chi connectivity index (χ0) is 23.4. The Morgan fingerprint density at radius 3 is 2.69 bits per heavy atom. The molecule has 0 saturated heterocycles. The van der Waals surface area contributed by atoms with Crippen molar-refractivity contribution in [2.75, 3.05) is 12.4 Å². The fraction of sp³-hybridized carbons (Fsp3) is 0.231. The van der Waals surface area contributed by atoms with E-state index in [4.69, 9.17) is 14.2 Å². The number of anilines is 1. The highest BCUT2D eigenvalue weighted by Gasteiger charge is 2.33. The highest BCUT2D eigenvalue weighted by atomic mass is 16.5. The summed E-state index contributed by atoms with van der Waals surface area (Å²) < 4.78 is 18.6. The van der Waals surface area contributed by atoms with Crippen LogP contribution in [0.15, 0.2) is 55.1 Å². The predicted octanol–water partition coefficient (Wildman–Crippen LogP) is 4.49. The summed E-state index contributed by atoms with van der Waals surface area (Å²) in [7, 11) is 1.78. The standard InChI is InChI=1S/C26H22N6O3/c1-27-26-31-24-23-21(12-30-24)15-2-3-22-16(5-15)6-20(11-29-22)35-18-7-17(8-18)34-19-4-14(9-28-10-19)13-33-25(23)32-26/h2-6,9-12,17-18H,7-8,13H2,1H3,(H2,27,30,31,32)/t17-,18+. The van der Waals surface area contributed by atoms with Crippen molar-refractivity contribution < 1.29 is 14.2 Å². The van der Waals surface area contributed by atoms with Crippen molar-refractivity contribution in [3.05, 3.63) is 60.7 Å². The Bertz CT molecular complexity index is 1580. The molecule has 9 nitrogen and oxygen atoms in total. The quantitative estimate of drug-likeness (QED) is 0.372. The molecule has 3 aliphatic rings. The second-order valence-electron chi connectivity index (χ2n) is 8.88. The molecule has 2 N–H and O–H groups in total. The van der Waals surface area contributed by atoms with Crippen molar-refractivity contribution in [3.63, 3.8) is 0 Å². The van der Waals surface area contributed by atoms with Gasteiger partial charge in [-0.2, -0.15) is 9.97 Å². The molecule has 0 amide bonds. The molecule has 4 aromatic heterocycles. The van der Waals surface area contributed by atoms with Crippen molar-refractivity contribution >= 4 is 27.9 Å². The summed E-state index contributed by atoms with van der Waals surface area (Å²) in [6.45, 7) is 0.297. The topological polar surface area (TPSA) is 107 Å². The number of nitrogens with one attached hydrogen (secondary N) is 2. The number of fused-ring (bicyclic) bond motifs is 1. The second kappa shape index (κ2) is 7.83. The van der Waals surface area contributed by atoms with E-state index in [0.717, 1.165) is 57.3 Å². The largest absolute Gasteiger partial charge is 0.489 e. The number of hydrogen-bond donors (Lipinski definition) is 2. The maximum Gasteiger partial charge on any atom is 0.228 e. The Morgan fingerprint density at radius 1 is 0.971 bits per heavy atom. The summed E-state index contributed by atoms with van der Waals surface area (Å²) in [6, 6.07) is 10.2. The van der Waals surface area contributed by atoms with Gasteiger partial charge >= 0.3 is 0 Å². The average Bonchev–Trinajstić information content (AvgIpc) is 3.29. The fourth-order valence-corrected chi connectivity index (χ4v) is 4.64. The zero-order valence-electron chi connectivity index (χ0n) is 19.0. The first-order valence-corrected chi connectivity index (χ1v) is 11.6. The molecule has 1 fully saturated rings. The number of pyridine rings is 2. The highest BCUT2D eigenvalue weighted by Crippen LogP contribution is 2.37. The third-order valence-electron chi connectivity index (χ3n) is 6.49. The first-order valence-electron chi connectivity index (χ1n) is 11.6. The lowest BCUT2D eigenvalue weighted by atomic mass is 9.92. The summed E-state index contributed by atoms with van der Waals surface area (Å²) in [5, 5.41) is 4.82. The molecule has 1 saturated carbocycles. The van der Waals surface area contributed by atoms with E-state index in [-0.39, 0.29) is 12.2 Å². The van der Waals surface area contributed by atoms with Gasteiger partial charge in [-0.05, 0) is 29.8 Å². The van der Waals surface area contributed by atoms with Crippen molar-refractivity contribution in [1.29, 1.82) is 0 Å². The van der Waals surface area contributed by atoms with E-state index in [9.17, 15) is 0 Å². The van der Waals surface area contributed by atoms with Crippen molar-refractivity contribution in [2.24, 2.45) is 0 Å². The van der Waals surface area contributed by atoms with E-state index < -0.39 is 0 Å². The minimum Gasteiger partial charge on any atom is -0.489 e. The zero-order valence-corrected chi connectivity index (χ0v) is 19.0. The number of ether oxygens (including phenoxy) is 3. The molecule has 5 aromatic rings. The van der Waals surface area contributed by atoms with Gasteiger partial charge < -0.3 is 24.5 Å². The van der Waals surface area contributed by atoms with Gasteiger partial charge in [-0.15, -0.1) is 0 Å². The van der Waals surface area contributed by atoms with Gasteiger partial charge in [-0.1, -0.05) is 6.07 Å². The van der Waals surface area contributed by atoms with Crippen LogP contribution in [0.5, 0.6) is 17.4 Å². The van der Waals surface area contributed by atoms with E-state index in [1.807, 2.05) is 30.5 Å². The van der Waals surface area contributed by atoms with Crippen LogP contribution in [-0.2, 0) is 6.61 Å². The first-order chi connectivity index (χ1) is 17.2. The number of nitrogens with zero attached hydrogens (tertiary/aromatic N) is 4. The number of H-pyrrole nitrogens is 1. The third-order valence-corrected chi connectivity index (χ3v) is 6.49. The molecular weight excluding hydrogens is 444 g/mol. The maximum atomic E-state index is 6.24. The molecule has 8 rings (SSSR count). The number of benzene rings is 1. The summed E-state index contributed by atoms with van der Waals surface area (Å²) in [4.78, 5) is 21.4. The minimum atomic E-state index is 0.0963. The molecule has 174 valence electrons. The molecule has 1 aromatic carbocycles. The Hall–Kier alpha value is -4.40. The number of rotatable bonds is 1. The summed E-state index contributed by atoms with van der Waals surface area (Å²) in [6.07, 6.45) is 9.06. The van der Waals surface area contributed by atoms with E-state index in [2.05, 4.69) is 36.3 Å². The van der Waals surface area contributed by atoms with Gasteiger partial charge in [0, 0.05) is 48.8 Å². The summed E-state index contributed by atoms with van der Waals surface area (Å²) in [5.74, 6) is 2.44. The van der Waals surface area contributed by atoms with Crippen LogP contribution in [0.25, 0.3) is 33.1 Å². The van der Waals surface area contributed by atoms with E-state index in [1.165, 1.54) is 0 Å². The van der Waals surface area contributed by atoms with Gasteiger partial charge in [0.05, 0.1) is 23.3 Å². The third kappa shape index (κ3) is 3.56. The molecule has 2 aliphatic heterocycles. The van der Waals surface area contributed by atoms with Gasteiger partial charge in [0.1, 0.15) is 36.0 Å². The molecule has 1 aliphatic carbocycles. The molecule has 9 heteroatoms. The number of aromatic amines is 1. The molecule has 0 spiro atoms. The van der Waals surface area contributed by atoms with Crippen LogP contribution in [0.2, 0.25) is 0 Å². The van der Waals surface area contributed by atoms with Crippen molar-refractivity contribution in [1.82, 2.24) is 24.9 Å². The van der Waals surface area contributed by atoms with Crippen LogP contribution >= 0.6 is 0 Å². The van der Waals surface area contributed by atoms with E-state index in [0.29, 0.717) is 24.1 Å². The number of aromatic nitrogens is 5. The van der Waals surface area contributed by atoms with Crippen molar-refractivity contribution in [3.8, 4) is 28.5 Å². The molecule has 7 bridgehead atoms. The number of hydrogen-bond acceptors (Lipinski definition) is 8. The molecule has 0 radical (unpaired) electrons. The SMILES string of the molecule is CNc1nc2c3c(c[nH]c3n1)-c1ccc3ncc(cc3c1)O[C@H]1C[C@H](C1)Oc1cncc(c1)CO2. The highest BCUT2D eigenvalue weighted by molar-refractivity contribution is 5.99. The molecular formula is C26H22N6O3. The van der Waals surface area contributed by atoms with Crippen LogP contribution in [0.4, 0.5) is 5.95 Å². The molecule has 35 heavy (non-hydrogen) atoms. The second-order valence-corrected chi connectivity index (χ2v) is 8.88. The monoisotopic (exact) mass is 466 g/mol. The average molecular weight is 467 g/mol. The Morgan fingerprint density at radius 2 is 1.83 bits per heavy atom. The van der Waals surface area contributed by atoms with Gasteiger partial charge in [0.2, 0.25) is 11.8 Å².